The smallest absolute Gasteiger partial charge is 0.348 e. The molecule has 0 N–H and O–H groups in total. The Morgan fingerprint density at radius 3 is 2.14 bits per heavy atom. The first-order chi connectivity index (χ1) is 9.52. The van der Waals surface area contributed by atoms with Crippen molar-refractivity contribution in [3.63, 3.8) is 0 Å². The lowest BCUT2D eigenvalue weighted by molar-refractivity contribution is 0.0532. The van der Waals surface area contributed by atoms with Crippen molar-refractivity contribution in [3.05, 3.63) is 21.4 Å². The number of carbonyl (C=O) groups is 2. The molecule has 118 valence electrons. The van der Waals surface area contributed by atoms with Gasteiger partial charge < -0.3 is 4.74 Å². The number of carbonyl (C=O) groups excluding carboxylic acids is 2. The molecule has 0 bridgehead atoms. The summed E-state index contributed by atoms with van der Waals surface area (Å²) in [6.07, 6.45) is 0.899. The third-order valence-corrected chi connectivity index (χ3v) is 13.8. The molecule has 0 amide bonds. The first kappa shape index (κ1) is 18.3. The van der Waals surface area contributed by atoms with Gasteiger partial charge in [0.15, 0.2) is 6.29 Å². The molecule has 1 aromatic rings. The second-order valence-corrected chi connectivity index (χ2v) is 19.7. The number of hydrogen-bond donors (Lipinski definition) is 0. The van der Waals surface area contributed by atoms with Crippen LogP contribution in [0.1, 0.15) is 37.0 Å². The van der Waals surface area contributed by atoms with E-state index in [1.54, 1.807) is 6.92 Å². The van der Waals surface area contributed by atoms with Crippen LogP contribution in [0.3, 0.4) is 0 Å². The Morgan fingerprint density at radius 1 is 1.24 bits per heavy atom. The zero-order valence-electron chi connectivity index (χ0n) is 14.1. The van der Waals surface area contributed by atoms with Crippen LogP contribution < -0.4 is 0 Å². The third-order valence-electron chi connectivity index (χ3n) is 3.42. The zero-order valence-corrected chi connectivity index (χ0v) is 16.9. The number of rotatable bonds is 6. The van der Waals surface area contributed by atoms with E-state index >= 15 is 0 Å². The molecule has 1 heterocycles. The monoisotopic (exact) mass is 342 g/mol. The molecule has 3 nitrogen and oxygen atoms in total. The second kappa shape index (κ2) is 6.58. The maximum absolute atomic E-state index is 11.9. The molecule has 0 saturated heterocycles. The number of ether oxygens (including phenoxy) is 1. The van der Waals surface area contributed by atoms with E-state index in [1.807, 2.05) is 6.07 Å². The van der Waals surface area contributed by atoms with E-state index in [4.69, 9.17) is 4.74 Å². The summed E-state index contributed by atoms with van der Waals surface area (Å²) in [7, 11) is -2.99. The van der Waals surface area contributed by atoms with Crippen molar-refractivity contribution >= 4 is 39.7 Å². The van der Waals surface area contributed by atoms with Crippen LogP contribution in [0.5, 0.6) is 0 Å². The number of esters is 1. The fourth-order valence-electron chi connectivity index (χ4n) is 3.27. The van der Waals surface area contributed by atoms with Gasteiger partial charge in [-0.15, -0.1) is 11.3 Å². The van der Waals surface area contributed by atoms with E-state index in [1.165, 1.54) is 11.3 Å². The highest BCUT2D eigenvalue weighted by atomic mass is 32.1. The molecule has 6 heteroatoms. The minimum atomic E-state index is -1.49. The van der Waals surface area contributed by atoms with Gasteiger partial charge in [0, 0.05) is 16.1 Å². The van der Waals surface area contributed by atoms with Crippen molar-refractivity contribution in [1.29, 1.82) is 0 Å². The fraction of sp³-hybridized carbons (Fsp3) is 0.600. The van der Waals surface area contributed by atoms with E-state index in [2.05, 4.69) is 39.3 Å². The van der Waals surface area contributed by atoms with Crippen LogP contribution in [0.2, 0.25) is 39.3 Å². The minimum Gasteiger partial charge on any atom is -0.462 e. The average Bonchev–Trinajstić information content (AvgIpc) is 2.69. The first-order valence-corrected chi connectivity index (χ1v) is 15.3. The van der Waals surface area contributed by atoms with Gasteiger partial charge in [-0.05, 0) is 23.7 Å². The molecule has 1 rings (SSSR count). The summed E-state index contributed by atoms with van der Waals surface area (Å²) in [4.78, 5) is 24.7. The van der Waals surface area contributed by atoms with Crippen molar-refractivity contribution in [2.24, 2.45) is 0 Å². The average molecular weight is 343 g/mol. The normalized spacial score (nSPS) is 12.6. The van der Waals surface area contributed by atoms with Gasteiger partial charge >= 0.3 is 5.97 Å². The van der Waals surface area contributed by atoms with Crippen LogP contribution in [0.4, 0.5) is 0 Å². The van der Waals surface area contributed by atoms with Crippen LogP contribution in [0, 0.1) is 0 Å². The molecule has 0 atom stereocenters. The Bertz CT molecular complexity index is 510. The number of aldehydes is 1. The molecule has 21 heavy (non-hydrogen) atoms. The van der Waals surface area contributed by atoms with Crippen LogP contribution in [-0.4, -0.2) is 35.0 Å². The van der Waals surface area contributed by atoms with Crippen molar-refractivity contribution in [1.82, 2.24) is 0 Å². The van der Waals surface area contributed by atoms with Crippen LogP contribution >= 0.6 is 11.3 Å². The van der Waals surface area contributed by atoms with Crippen molar-refractivity contribution < 1.29 is 14.3 Å². The Labute approximate surface area is 133 Å². The summed E-state index contributed by atoms with van der Waals surface area (Å²) < 4.78 is 5.07. The summed E-state index contributed by atoms with van der Waals surface area (Å²) in [5, 5.41) is 0.449. The maximum Gasteiger partial charge on any atom is 0.348 e. The first-order valence-electron chi connectivity index (χ1n) is 7.28. The topological polar surface area (TPSA) is 43.4 Å². The van der Waals surface area contributed by atoms with Gasteiger partial charge in [-0.3, -0.25) is 4.79 Å². The van der Waals surface area contributed by atoms with Gasteiger partial charge in [0.1, 0.15) is 4.88 Å². The van der Waals surface area contributed by atoms with Gasteiger partial charge in [0.2, 0.25) is 0 Å². The Kier molecular flexibility index (Phi) is 5.74. The summed E-state index contributed by atoms with van der Waals surface area (Å²) >= 11 is 1.27. The largest absolute Gasteiger partial charge is 0.462 e. The van der Waals surface area contributed by atoms with E-state index < -0.39 is 16.1 Å². The molecule has 0 aliphatic heterocycles. The van der Waals surface area contributed by atoms with Crippen molar-refractivity contribution in [2.75, 3.05) is 6.61 Å². The standard InChI is InChI=1S/C15H26O3SSi2/c1-8-18-14(17)12-9-11(13(10-16)19-12)15(20(2,3)4)21(5,6)7/h9-10,15H,8H2,1-7H3. The van der Waals surface area contributed by atoms with Crippen LogP contribution in [-0.2, 0) is 4.74 Å². The molecule has 0 aliphatic carbocycles. The summed E-state index contributed by atoms with van der Waals surface area (Å²) in [6, 6.07) is 1.91. The molecule has 0 radical (unpaired) electrons. The van der Waals surface area contributed by atoms with Gasteiger partial charge in [0.25, 0.3) is 0 Å². The zero-order chi connectivity index (χ0) is 16.4. The van der Waals surface area contributed by atoms with Crippen LogP contribution in [0.15, 0.2) is 6.07 Å². The van der Waals surface area contributed by atoms with Crippen LogP contribution in [0.25, 0.3) is 0 Å². The highest BCUT2D eigenvalue weighted by molar-refractivity contribution is 7.16. The highest BCUT2D eigenvalue weighted by Gasteiger charge is 2.40. The summed E-state index contributed by atoms with van der Waals surface area (Å²) in [6.45, 7) is 16.2. The molecular weight excluding hydrogens is 316 g/mol. The molecule has 0 unspecified atom stereocenters. The van der Waals surface area contributed by atoms with Crippen molar-refractivity contribution in [3.8, 4) is 0 Å². The number of thiophene rings is 1. The molecule has 0 aromatic carbocycles. The lowest BCUT2D eigenvalue weighted by Gasteiger charge is -2.38. The highest BCUT2D eigenvalue weighted by Crippen LogP contribution is 2.40. The van der Waals surface area contributed by atoms with Gasteiger partial charge in [-0.25, -0.2) is 4.79 Å². The fourth-order valence-corrected chi connectivity index (χ4v) is 17.1. The van der Waals surface area contributed by atoms with E-state index in [9.17, 15) is 9.59 Å². The Hall–Kier alpha value is -0.726. The third kappa shape index (κ3) is 4.37. The van der Waals surface area contributed by atoms with Gasteiger partial charge in [0.05, 0.1) is 11.5 Å². The maximum atomic E-state index is 11.9. The predicted molar refractivity (Wildman–Crippen MR) is 95.1 cm³/mol. The van der Waals surface area contributed by atoms with Gasteiger partial charge in [-0.2, -0.15) is 0 Å². The van der Waals surface area contributed by atoms with E-state index in [0.29, 0.717) is 21.5 Å². The molecule has 0 saturated carbocycles. The second-order valence-electron chi connectivity index (χ2n) is 7.43. The van der Waals surface area contributed by atoms with Gasteiger partial charge in [-0.1, -0.05) is 39.3 Å². The molecule has 0 aliphatic rings. The molecule has 1 aromatic heterocycles. The van der Waals surface area contributed by atoms with E-state index in [-0.39, 0.29) is 5.97 Å². The summed E-state index contributed by atoms with van der Waals surface area (Å²) in [5.41, 5.74) is 1.08. The quantitative estimate of drug-likeness (QED) is 0.432. The molecule has 0 spiro atoms. The Morgan fingerprint density at radius 2 is 1.76 bits per heavy atom. The SMILES string of the molecule is CCOC(=O)c1cc(C([Si](C)(C)C)[Si](C)(C)C)c(C=O)s1. The minimum absolute atomic E-state index is 0.318. The lowest BCUT2D eigenvalue weighted by atomic mass is 10.2. The number of hydrogen-bond acceptors (Lipinski definition) is 4. The molecule has 0 fully saturated rings. The lowest BCUT2D eigenvalue weighted by Crippen LogP contribution is -2.46. The predicted octanol–water partition coefficient (Wildman–Crippen LogP) is 4.58. The van der Waals surface area contributed by atoms with Crippen molar-refractivity contribution in [2.45, 2.75) is 51.4 Å². The van der Waals surface area contributed by atoms with E-state index in [0.717, 1.165) is 11.8 Å². The Balaban J connectivity index is 3.39. The summed E-state index contributed by atoms with van der Waals surface area (Å²) in [5.74, 6) is -0.318. The molecular formula is C15H26O3SSi2.